The minimum atomic E-state index is -0.493. The molecule has 1 rings (SSSR count). The lowest BCUT2D eigenvalue weighted by Crippen LogP contribution is -2.15. The molecule has 0 aromatic heterocycles. The number of carbonyl (C=O) groups excluding carboxylic acids is 2. The monoisotopic (exact) mass is 234 g/mol. The maximum atomic E-state index is 11.6. The average molecular weight is 234 g/mol. The summed E-state index contributed by atoms with van der Waals surface area (Å²) in [5.41, 5.74) is 12.3. The minimum absolute atomic E-state index is 0.109. The number of hydrogen-bond donors (Lipinski definition) is 2. The van der Waals surface area contributed by atoms with Crippen molar-refractivity contribution in [1.29, 1.82) is 0 Å². The molecule has 5 heteroatoms. The Labute approximate surface area is 99.0 Å². The van der Waals surface area contributed by atoms with E-state index in [1.54, 1.807) is 12.1 Å². The summed E-state index contributed by atoms with van der Waals surface area (Å²) >= 11 is 0. The van der Waals surface area contributed by atoms with Crippen LogP contribution in [0.15, 0.2) is 24.3 Å². The van der Waals surface area contributed by atoms with Gasteiger partial charge in [-0.3, -0.25) is 4.79 Å². The molecule has 0 unspecified atom stereocenters. The van der Waals surface area contributed by atoms with E-state index in [1.165, 1.54) is 25.3 Å². The van der Waals surface area contributed by atoms with Crippen LogP contribution in [0.1, 0.15) is 15.9 Å². The van der Waals surface area contributed by atoms with Crippen LogP contribution in [-0.2, 0) is 9.53 Å². The third-order valence-corrected chi connectivity index (χ3v) is 2.16. The maximum Gasteiger partial charge on any atom is 0.330 e. The summed E-state index contributed by atoms with van der Waals surface area (Å²) in [5, 5.41) is 0. The fraction of sp³-hybridized carbons (Fsp3) is 0.167. The van der Waals surface area contributed by atoms with Crippen molar-refractivity contribution in [3.63, 3.8) is 0 Å². The van der Waals surface area contributed by atoms with E-state index in [9.17, 15) is 9.59 Å². The van der Waals surface area contributed by atoms with Gasteiger partial charge in [-0.2, -0.15) is 0 Å². The molecule has 0 aliphatic rings. The number of nitrogen functional groups attached to an aromatic ring is 1. The van der Waals surface area contributed by atoms with Crippen molar-refractivity contribution in [2.75, 3.05) is 19.4 Å². The van der Waals surface area contributed by atoms with E-state index in [0.717, 1.165) is 0 Å². The fourth-order valence-corrected chi connectivity index (χ4v) is 1.30. The van der Waals surface area contributed by atoms with Crippen LogP contribution in [0.4, 0.5) is 5.69 Å². The van der Waals surface area contributed by atoms with Crippen LogP contribution in [0.2, 0.25) is 0 Å². The zero-order valence-electron chi connectivity index (χ0n) is 9.47. The Kier molecular flexibility index (Phi) is 4.42. The number of anilines is 1. The fourth-order valence-electron chi connectivity index (χ4n) is 1.30. The molecular formula is C12H14N2O3. The van der Waals surface area contributed by atoms with E-state index in [-0.39, 0.29) is 12.3 Å². The molecule has 0 amide bonds. The molecule has 0 atom stereocenters. The van der Waals surface area contributed by atoms with Crippen LogP contribution < -0.4 is 11.5 Å². The van der Waals surface area contributed by atoms with Crippen molar-refractivity contribution in [3.05, 3.63) is 35.4 Å². The minimum Gasteiger partial charge on any atom is -0.466 e. The van der Waals surface area contributed by atoms with Gasteiger partial charge in [0, 0.05) is 17.3 Å². The Morgan fingerprint density at radius 3 is 2.71 bits per heavy atom. The van der Waals surface area contributed by atoms with Gasteiger partial charge in [0.25, 0.3) is 0 Å². The van der Waals surface area contributed by atoms with E-state index in [1.807, 2.05) is 0 Å². The van der Waals surface area contributed by atoms with Gasteiger partial charge in [0.2, 0.25) is 0 Å². The number of hydrogen-bond acceptors (Lipinski definition) is 5. The van der Waals surface area contributed by atoms with Gasteiger partial charge in [-0.05, 0) is 23.8 Å². The first-order chi connectivity index (χ1) is 8.08. The van der Waals surface area contributed by atoms with Crippen LogP contribution in [0, 0.1) is 0 Å². The van der Waals surface area contributed by atoms with Crippen LogP contribution in [0.25, 0.3) is 6.08 Å². The van der Waals surface area contributed by atoms with Crippen molar-refractivity contribution < 1.29 is 14.3 Å². The normalized spacial score (nSPS) is 10.5. The standard InChI is InChI=1S/C12H14N2O3/c1-17-12(16)5-3-8-2-4-9(14)6-10(8)11(15)7-13/h2-6H,7,13-14H2,1H3. The van der Waals surface area contributed by atoms with Crippen LogP contribution >= 0.6 is 0 Å². The van der Waals surface area contributed by atoms with E-state index < -0.39 is 5.97 Å². The third kappa shape index (κ3) is 3.42. The Balaban J connectivity index is 3.10. The molecular weight excluding hydrogens is 220 g/mol. The molecule has 5 nitrogen and oxygen atoms in total. The lowest BCUT2D eigenvalue weighted by molar-refractivity contribution is -0.134. The summed E-state index contributed by atoms with van der Waals surface area (Å²) in [6, 6.07) is 4.83. The Hall–Kier alpha value is -2.14. The number of carbonyl (C=O) groups is 2. The van der Waals surface area contributed by atoms with E-state index in [0.29, 0.717) is 16.8 Å². The largest absolute Gasteiger partial charge is 0.466 e. The van der Waals surface area contributed by atoms with Gasteiger partial charge in [-0.15, -0.1) is 0 Å². The van der Waals surface area contributed by atoms with Gasteiger partial charge in [-0.25, -0.2) is 4.79 Å². The second-order valence-corrected chi connectivity index (χ2v) is 3.33. The molecule has 4 N–H and O–H groups in total. The van der Waals surface area contributed by atoms with Crippen LogP contribution in [0.3, 0.4) is 0 Å². The summed E-state index contributed by atoms with van der Waals surface area (Å²) in [6.07, 6.45) is 2.73. The van der Waals surface area contributed by atoms with Gasteiger partial charge in [0.15, 0.2) is 5.78 Å². The topological polar surface area (TPSA) is 95.4 Å². The Morgan fingerprint density at radius 2 is 2.12 bits per heavy atom. The maximum absolute atomic E-state index is 11.6. The van der Waals surface area contributed by atoms with Gasteiger partial charge in [0.05, 0.1) is 13.7 Å². The first-order valence-electron chi connectivity index (χ1n) is 4.97. The highest BCUT2D eigenvalue weighted by Gasteiger charge is 2.08. The van der Waals surface area contributed by atoms with Gasteiger partial charge >= 0.3 is 5.97 Å². The molecule has 17 heavy (non-hydrogen) atoms. The SMILES string of the molecule is COC(=O)C=Cc1ccc(N)cc1C(=O)CN. The third-order valence-electron chi connectivity index (χ3n) is 2.16. The lowest BCUT2D eigenvalue weighted by atomic mass is 10.0. The number of esters is 1. The molecule has 0 spiro atoms. The van der Waals surface area contributed by atoms with Crippen molar-refractivity contribution in [1.82, 2.24) is 0 Å². The highest BCUT2D eigenvalue weighted by molar-refractivity contribution is 6.02. The molecule has 0 aliphatic heterocycles. The summed E-state index contributed by atoms with van der Waals surface area (Å²) in [4.78, 5) is 22.5. The quantitative estimate of drug-likeness (QED) is 0.344. The molecule has 1 aromatic carbocycles. The predicted molar refractivity (Wildman–Crippen MR) is 65.3 cm³/mol. The van der Waals surface area contributed by atoms with Crippen LogP contribution in [0.5, 0.6) is 0 Å². The Morgan fingerprint density at radius 1 is 1.41 bits per heavy atom. The summed E-state index contributed by atoms with van der Waals surface area (Å²) < 4.78 is 4.46. The number of nitrogens with two attached hydrogens (primary N) is 2. The number of ketones is 1. The van der Waals surface area contributed by atoms with Crippen LogP contribution in [-0.4, -0.2) is 25.4 Å². The van der Waals surface area contributed by atoms with Gasteiger partial charge in [0.1, 0.15) is 0 Å². The first-order valence-corrected chi connectivity index (χ1v) is 4.97. The van der Waals surface area contributed by atoms with Gasteiger partial charge in [-0.1, -0.05) is 6.07 Å². The summed E-state index contributed by atoms with van der Waals surface area (Å²) in [5.74, 6) is -0.727. The number of rotatable bonds is 4. The number of methoxy groups -OCH3 is 1. The zero-order valence-corrected chi connectivity index (χ0v) is 9.47. The molecule has 0 saturated heterocycles. The number of benzene rings is 1. The molecule has 0 saturated carbocycles. The summed E-state index contributed by atoms with van der Waals surface area (Å²) in [7, 11) is 1.28. The molecule has 1 aromatic rings. The molecule has 0 bridgehead atoms. The number of Topliss-reactive ketones (excluding diaryl/α,β-unsaturated/α-hetero) is 1. The zero-order chi connectivity index (χ0) is 12.8. The van der Waals surface area contributed by atoms with Crippen molar-refractivity contribution in [2.45, 2.75) is 0 Å². The second kappa shape index (κ2) is 5.81. The van der Waals surface area contributed by atoms with Gasteiger partial charge < -0.3 is 16.2 Å². The first kappa shape index (κ1) is 12.9. The number of ether oxygens (including phenoxy) is 1. The van der Waals surface area contributed by atoms with Crippen molar-refractivity contribution in [2.24, 2.45) is 5.73 Å². The molecule has 0 fully saturated rings. The van der Waals surface area contributed by atoms with Crippen molar-refractivity contribution in [3.8, 4) is 0 Å². The van der Waals surface area contributed by atoms with E-state index in [4.69, 9.17) is 11.5 Å². The molecule has 90 valence electrons. The Bertz CT molecular complexity index is 467. The van der Waals surface area contributed by atoms with E-state index >= 15 is 0 Å². The average Bonchev–Trinajstić information content (AvgIpc) is 2.35. The van der Waals surface area contributed by atoms with Crippen molar-refractivity contribution >= 4 is 23.5 Å². The van der Waals surface area contributed by atoms with E-state index in [2.05, 4.69) is 4.74 Å². The molecule has 0 heterocycles. The highest BCUT2D eigenvalue weighted by Crippen LogP contribution is 2.15. The highest BCUT2D eigenvalue weighted by atomic mass is 16.5. The predicted octanol–water partition coefficient (Wildman–Crippen LogP) is 0.596. The smallest absolute Gasteiger partial charge is 0.330 e. The lowest BCUT2D eigenvalue weighted by Gasteiger charge is -2.04. The summed E-state index contributed by atoms with van der Waals surface area (Å²) in [6.45, 7) is -0.109. The molecule has 0 radical (unpaired) electrons. The second-order valence-electron chi connectivity index (χ2n) is 3.33. The molecule has 0 aliphatic carbocycles.